The highest BCUT2D eigenvalue weighted by Gasteiger charge is 2.18. The molecule has 0 fully saturated rings. The summed E-state index contributed by atoms with van der Waals surface area (Å²) >= 11 is 0. The van der Waals surface area contributed by atoms with Gasteiger partial charge in [-0.2, -0.15) is 5.10 Å². The molecule has 0 bridgehead atoms. The number of amides is 1. The summed E-state index contributed by atoms with van der Waals surface area (Å²) in [5.41, 5.74) is 5.99. The topological polar surface area (TPSA) is 81.1 Å². The van der Waals surface area contributed by atoms with Crippen LogP contribution in [0, 0.1) is 0 Å². The van der Waals surface area contributed by atoms with E-state index in [1.165, 1.54) is 0 Å². The summed E-state index contributed by atoms with van der Waals surface area (Å²) in [5, 5.41) is 14.5. The number of hydrogen-bond acceptors (Lipinski definition) is 3. The van der Waals surface area contributed by atoms with Gasteiger partial charge in [0.1, 0.15) is 11.3 Å². The minimum absolute atomic E-state index is 0.0453. The molecule has 84 valence electrons. The summed E-state index contributed by atoms with van der Waals surface area (Å²) < 4.78 is 1.60. The number of phenolic OH excluding ortho intramolecular Hbond substituents is 1. The van der Waals surface area contributed by atoms with Crippen LogP contribution in [0.15, 0.2) is 18.2 Å². The van der Waals surface area contributed by atoms with Crippen molar-refractivity contribution in [3.05, 3.63) is 23.9 Å². The normalized spacial score (nSPS) is 11.2. The maximum absolute atomic E-state index is 11.2. The second-order valence-corrected chi connectivity index (χ2v) is 3.92. The Morgan fingerprint density at radius 1 is 1.50 bits per heavy atom. The molecule has 1 aromatic carbocycles. The lowest BCUT2D eigenvalue weighted by Crippen LogP contribution is -2.13. The molecule has 0 unspecified atom stereocenters. The Bertz CT molecular complexity index is 558. The van der Waals surface area contributed by atoms with Crippen molar-refractivity contribution in [3.63, 3.8) is 0 Å². The number of fused-ring (bicyclic) bond motifs is 1. The van der Waals surface area contributed by atoms with Crippen molar-refractivity contribution in [3.8, 4) is 5.75 Å². The Labute approximate surface area is 92.5 Å². The van der Waals surface area contributed by atoms with E-state index < -0.39 is 5.91 Å². The van der Waals surface area contributed by atoms with Crippen LogP contribution in [-0.2, 0) is 0 Å². The fourth-order valence-electron chi connectivity index (χ4n) is 1.73. The number of rotatable bonds is 2. The largest absolute Gasteiger partial charge is 0.506 e. The number of primary amides is 1. The van der Waals surface area contributed by atoms with E-state index in [0.717, 1.165) is 0 Å². The van der Waals surface area contributed by atoms with Crippen LogP contribution in [-0.4, -0.2) is 20.8 Å². The maximum atomic E-state index is 11.2. The van der Waals surface area contributed by atoms with E-state index in [9.17, 15) is 9.90 Å². The van der Waals surface area contributed by atoms with Crippen molar-refractivity contribution in [2.75, 3.05) is 0 Å². The molecule has 1 amide bonds. The summed E-state index contributed by atoms with van der Waals surface area (Å²) in [7, 11) is 0. The summed E-state index contributed by atoms with van der Waals surface area (Å²) in [4.78, 5) is 11.2. The van der Waals surface area contributed by atoms with Gasteiger partial charge < -0.3 is 10.8 Å². The maximum Gasteiger partial charge on any atom is 0.269 e. The lowest BCUT2D eigenvalue weighted by molar-refractivity contribution is 0.0996. The first-order valence-electron chi connectivity index (χ1n) is 5.02. The SMILES string of the molecule is CC(C)n1nc(C(N)=O)c2cccc(O)c21. The highest BCUT2D eigenvalue weighted by Crippen LogP contribution is 2.28. The molecule has 0 saturated heterocycles. The predicted molar refractivity (Wildman–Crippen MR) is 60.3 cm³/mol. The molecule has 16 heavy (non-hydrogen) atoms. The van der Waals surface area contributed by atoms with Crippen LogP contribution >= 0.6 is 0 Å². The van der Waals surface area contributed by atoms with Gasteiger partial charge in [0.25, 0.3) is 5.91 Å². The van der Waals surface area contributed by atoms with Gasteiger partial charge >= 0.3 is 0 Å². The third kappa shape index (κ3) is 1.41. The molecule has 0 atom stereocenters. The van der Waals surface area contributed by atoms with Crippen LogP contribution in [0.4, 0.5) is 0 Å². The fourth-order valence-corrected chi connectivity index (χ4v) is 1.73. The summed E-state index contributed by atoms with van der Waals surface area (Å²) in [6.07, 6.45) is 0. The van der Waals surface area contributed by atoms with Crippen molar-refractivity contribution in [2.45, 2.75) is 19.9 Å². The molecule has 1 heterocycles. The van der Waals surface area contributed by atoms with Crippen LogP contribution in [0.5, 0.6) is 5.75 Å². The molecule has 5 nitrogen and oxygen atoms in total. The van der Waals surface area contributed by atoms with Crippen molar-refractivity contribution in [1.29, 1.82) is 0 Å². The van der Waals surface area contributed by atoms with Crippen molar-refractivity contribution in [2.24, 2.45) is 5.73 Å². The van der Waals surface area contributed by atoms with Crippen LogP contribution in [0.1, 0.15) is 30.4 Å². The molecule has 5 heteroatoms. The minimum atomic E-state index is -0.588. The first kappa shape index (κ1) is 10.5. The molecule has 0 aliphatic rings. The number of carbonyl (C=O) groups excluding carboxylic acids is 1. The van der Waals surface area contributed by atoms with Crippen molar-refractivity contribution in [1.82, 2.24) is 9.78 Å². The molecule has 0 radical (unpaired) electrons. The Kier molecular flexibility index (Phi) is 2.30. The van der Waals surface area contributed by atoms with Crippen LogP contribution in [0.2, 0.25) is 0 Å². The number of benzene rings is 1. The van der Waals surface area contributed by atoms with Gasteiger partial charge in [-0.1, -0.05) is 12.1 Å². The van der Waals surface area contributed by atoms with E-state index in [-0.39, 0.29) is 17.5 Å². The highest BCUT2D eigenvalue weighted by molar-refractivity contribution is 6.05. The fraction of sp³-hybridized carbons (Fsp3) is 0.273. The second-order valence-electron chi connectivity index (χ2n) is 3.92. The molecule has 0 aliphatic carbocycles. The number of nitrogens with two attached hydrogens (primary N) is 1. The zero-order valence-electron chi connectivity index (χ0n) is 9.14. The zero-order chi connectivity index (χ0) is 11.9. The Morgan fingerprint density at radius 2 is 2.19 bits per heavy atom. The molecule has 1 aromatic heterocycles. The van der Waals surface area contributed by atoms with Gasteiger partial charge in [0, 0.05) is 11.4 Å². The lowest BCUT2D eigenvalue weighted by Gasteiger charge is -2.07. The Balaban J connectivity index is 2.87. The number of para-hydroxylation sites is 1. The molecule has 0 saturated carbocycles. The van der Waals surface area contributed by atoms with Crippen LogP contribution in [0.3, 0.4) is 0 Å². The lowest BCUT2D eigenvalue weighted by atomic mass is 10.2. The highest BCUT2D eigenvalue weighted by atomic mass is 16.3. The van der Waals surface area contributed by atoms with Crippen molar-refractivity contribution < 1.29 is 9.90 Å². The number of phenols is 1. The van der Waals surface area contributed by atoms with Crippen LogP contribution < -0.4 is 5.73 Å². The standard InChI is InChI=1S/C11H13N3O2/c1-6(2)14-10-7(4-3-5-8(10)15)9(13-14)11(12)16/h3-6,15H,1-2H3,(H2,12,16). The summed E-state index contributed by atoms with van der Waals surface area (Å²) in [5.74, 6) is -0.485. The molecule has 3 N–H and O–H groups in total. The van der Waals surface area contributed by atoms with E-state index in [1.807, 2.05) is 13.8 Å². The van der Waals surface area contributed by atoms with Crippen molar-refractivity contribution >= 4 is 16.8 Å². The quantitative estimate of drug-likeness (QED) is 0.801. The monoisotopic (exact) mass is 219 g/mol. The van der Waals surface area contributed by atoms with Gasteiger partial charge in [-0.15, -0.1) is 0 Å². The summed E-state index contributed by atoms with van der Waals surface area (Å²) in [6.45, 7) is 3.84. The third-order valence-corrected chi connectivity index (χ3v) is 2.43. The first-order valence-corrected chi connectivity index (χ1v) is 5.02. The van der Waals surface area contributed by atoms with E-state index in [0.29, 0.717) is 10.9 Å². The van der Waals surface area contributed by atoms with E-state index in [4.69, 9.17) is 5.73 Å². The number of aromatic hydroxyl groups is 1. The molecule has 2 aromatic rings. The third-order valence-electron chi connectivity index (χ3n) is 2.43. The minimum Gasteiger partial charge on any atom is -0.506 e. The number of aromatic nitrogens is 2. The predicted octanol–water partition coefficient (Wildman–Crippen LogP) is 1.42. The Morgan fingerprint density at radius 3 is 2.75 bits per heavy atom. The summed E-state index contributed by atoms with van der Waals surface area (Å²) in [6, 6.07) is 4.99. The molecule has 2 rings (SSSR count). The first-order chi connectivity index (χ1) is 7.52. The van der Waals surface area contributed by atoms with Gasteiger partial charge in [-0.05, 0) is 19.9 Å². The van der Waals surface area contributed by atoms with Gasteiger partial charge in [0.2, 0.25) is 0 Å². The van der Waals surface area contributed by atoms with E-state index in [1.54, 1.807) is 22.9 Å². The van der Waals surface area contributed by atoms with Gasteiger partial charge in [0.15, 0.2) is 5.69 Å². The molecular weight excluding hydrogens is 206 g/mol. The average molecular weight is 219 g/mol. The zero-order valence-corrected chi connectivity index (χ0v) is 9.14. The molecule has 0 aliphatic heterocycles. The van der Waals surface area contributed by atoms with Gasteiger partial charge in [-0.3, -0.25) is 9.48 Å². The number of hydrogen-bond donors (Lipinski definition) is 2. The average Bonchev–Trinajstić information content (AvgIpc) is 2.58. The van der Waals surface area contributed by atoms with Gasteiger partial charge in [0.05, 0.1) is 0 Å². The molecule has 0 spiro atoms. The number of carbonyl (C=O) groups is 1. The molecular formula is C11H13N3O2. The Hall–Kier alpha value is -2.04. The smallest absolute Gasteiger partial charge is 0.269 e. The number of nitrogens with zero attached hydrogens (tertiary/aromatic N) is 2. The van der Waals surface area contributed by atoms with E-state index >= 15 is 0 Å². The second kappa shape index (κ2) is 3.52. The van der Waals surface area contributed by atoms with Gasteiger partial charge in [-0.25, -0.2) is 0 Å². The van der Waals surface area contributed by atoms with Crippen LogP contribution in [0.25, 0.3) is 10.9 Å². The van der Waals surface area contributed by atoms with E-state index in [2.05, 4.69) is 5.10 Å².